The Balaban J connectivity index is 2.25. The van der Waals surface area contributed by atoms with Crippen molar-refractivity contribution < 1.29 is 18.7 Å². The van der Waals surface area contributed by atoms with Gasteiger partial charge in [-0.3, -0.25) is 4.79 Å². The van der Waals surface area contributed by atoms with Gasteiger partial charge < -0.3 is 14.8 Å². The lowest BCUT2D eigenvalue weighted by atomic mass is 10.1. The van der Waals surface area contributed by atoms with Crippen LogP contribution in [-0.2, 0) is 0 Å². The van der Waals surface area contributed by atoms with Gasteiger partial charge in [0, 0.05) is 11.8 Å². The van der Waals surface area contributed by atoms with E-state index in [1.165, 1.54) is 32.4 Å². The summed E-state index contributed by atoms with van der Waals surface area (Å²) in [5.74, 6) is 0.182. The van der Waals surface area contributed by atoms with E-state index in [1.807, 2.05) is 0 Å². The van der Waals surface area contributed by atoms with Gasteiger partial charge in [-0.2, -0.15) is 0 Å². The number of amides is 1. The second-order valence-electron chi connectivity index (χ2n) is 4.03. The highest BCUT2D eigenvalue weighted by Gasteiger charge is 2.13. The smallest absolute Gasteiger partial charge is 0.259 e. The van der Waals surface area contributed by atoms with Gasteiger partial charge in [-0.1, -0.05) is 6.07 Å². The maximum absolute atomic E-state index is 13.1. The van der Waals surface area contributed by atoms with E-state index >= 15 is 0 Å². The first-order valence-corrected chi connectivity index (χ1v) is 5.93. The first-order valence-electron chi connectivity index (χ1n) is 5.93. The number of anilines is 1. The summed E-state index contributed by atoms with van der Waals surface area (Å²) >= 11 is 0. The molecule has 0 aliphatic heterocycles. The molecule has 0 fully saturated rings. The summed E-state index contributed by atoms with van der Waals surface area (Å²) in [6, 6.07) is 10.5. The first-order chi connectivity index (χ1) is 9.63. The van der Waals surface area contributed by atoms with Crippen LogP contribution < -0.4 is 14.8 Å². The minimum absolute atomic E-state index is 0.345. The van der Waals surface area contributed by atoms with E-state index in [4.69, 9.17) is 9.47 Å². The predicted octanol–water partition coefficient (Wildman–Crippen LogP) is 3.10. The van der Waals surface area contributed by atoms with Gasteiger partial charge in [-0.05, 0) is 30.3 Å². The van der Waals surface area contributed by atoms with Crippen molar-refractivity contribution in [2.24, 2.45) is 0 Å². The molecule has 0 aromatic heterocycles. The third kappa shape index (κ3) is 3.06. The predicted molar refractivity (Wildman–Crippen MR) is 73.9 cm³/mol. The molecule has 2 rings (SSSR count). The summed E-state index contributed by atoms with van der Waals surface area (Å²) in [7, 11) is 3.00. The zero-order valence-electron chi connectivity index (χ0n) is 11.1. The number of hydrogen-bond donors (Lipinski definition) is 1. The van der Waals surface area contributed by atoms with Crippen molar-refractivity contribution in [3.05, 3.63) is 53.8 Å². The van der Waals surface area contributed by atoms with Crippen molar-refractivity contribution >= 4 is 11.6 Å². The summed E-state index contributed by atoms with van der Waals surface area (Å²) in [4.78, 5) is 12.2. The highest BCUT2D eigenvalue weighted by molar-refractivity contribution is 6.06. The average molecular weight is 275 g/mol. The van der Waals surface area contributed by atoms with E-state index in [0.717, 1.165) is 0 Å². The molecule has 1 N–H and O–H groups in total. The number of hydrogen-bond acceptors (Lipinski definition) is 3. The van der Waals surface area contributed by atoms with Crippen LogP contribution in [0, 0.1) is 5.82 Å². The summed E-state index contributed by atoms with van der Waals surface area (Å²) in [5.41, 5.74) is 0.727. The van der Waals surface area contributed by atoms with Gasteiger partial charge in [0.25, 0.3) is 5.91 Å². The molecular weight excluding hydrogens is 261 g/mol. The van der Waals surface area contributed by atoms with Crippen LogP contribution in [0.2, 0.25) is 0 Å². The Morgan fingerprint density at radius 2 is 1.90 bits per heavy atom. The van der Waals surface area contributed by atoms with Crippen LogP contribution >= 0.6 is 0 Å². The molecule has 4 nitrogen and oxygen atoms in total. The lowest BCUT2D eigenvalue weighted by Gasteiger charge is -2.10. The van der Waals surface area contributed by atoms with Crippen molar-refractivity contribution in [2.75, 3.05) is 19.5 Å². The molecule has 20 heavy (non-hydrogen) atoms. The molecule has 0 aliphatic rings. The van der Waals surface area contributed by atoms with Gasteiger partial charge in [0.15, 0.2) is 0 Å². The fraction of sp³-hybridized carbons (Fsp3) is 0.133. The van der Waals surface area contributed by atoms with Gasteiger partial charge in [0.05, 0.1) is 19.8 Å². The third-order valence-corrected chi connectivity index (χ3v) is 2.74. The minimum Gasteiger partial charge on any atom is -0.497 e. The molecule has 0 spiro atoms. The third-order valence-electron chi connectivity index (χ3n) is 2.74. The van der Waals surface area contributed by atoms with Crippen LogP contribution in [0.3, 0.4) is 0 Å². The second-order valence-corrected chi connectivity index (χ2v) is 4.03. The molecule has 2 aromatic rings. The summed E-state index contributed by atoms with van der Waals surface area (Å²) < 4.78 is 23.3. The maximum Gasteiger partial charge on any atom is 0.259 e. The van der Waals surface area contributed by atoms with E-state index in [2.05, 4.69) is 5.32 Å². The van der Waals surface area contributed by atoms with Crippen LogP contribution in [-0.4, -0.2) is 20.1 Å². The van der Waals surface area contributed by atoms with E-state index in [9.17, 15) is 9.18 Å². The van der Waals surface area contributed by atoms with Crippen LogP contribution in [0.25, 0.3) is 0 Å². The Labute approximate surface area is 116 Å². The van der Waals surface area contributed by atoms with Crippen molar-refractivity contribution in [1.82, 2.24) is 0 Å². The maximum atomic E-state index is 13.1. The highest BCUT2D eigenvalue weighted by atomic mass is 19.1. The first kappa shape index (κ1) is 13.9. The number of carbonyl (C=O) groups excluding carboxylic acids is 1. The quantitative estimate of drug-likeness (QED) is 0.932. The standard InChI is InChI=1S/C15H14FNO3/c1-19-12-6-7-13(14(9-12)20-2)15(18)17-11-5-3-4-10(16)8-11/h3-9H,1-2H3,(H,17,18). The van der Waals surface area contributed by atoms with E-state index < -0.39 is 5.82 Å². The SMILES string of the molecule is COc1ccc(C(=O)Nc2cccc(F)c2)c(OC)c1. The van der Waals surface area contributed by atoms with Gasteiger partial charge in [-0.25, -0.2) is 4.39 Å². The van der Waals surface area contributed by atoms with Gasteiger partial charge in [0.2, 0.25) is 0 Å². The van der Waals surface area contributed by atoms with Crippen molar-refractivity contribution in [3.63, 3.8) is 0 Å². The Bertz CT molecular complexity index is 628. The molecule has 5 heteroatoms. The molecule has 0 atom stereocenters. The Morgan fingerprint density at radius 1 is 1.10 bits per heavy atom. The molecule has 0 aliphatic carbocycles. The highest BCUT2D eigenvalue weighted by Crippen LogP contribution is 2.25. The fourth-order valence-corrected chi connectivity index (χ4v) is 1.75. The topological polar surface area (TPSA) is 47.6 Å². The molecule has 0 saturated carbocycles. The van der Waals surface area contributed by atoms with Crippen LogP contribution in [0.15, 0.2) is 42.5 Å². The number of ether oxygens (including phenoxy) is 2. The molecule has 1 amide bonds. The average Bonchev–Trinajstić information content (AvgIpc) is 2.46. The van der Waals surface area contributed by atoms with Crippen LogP contribution in [0.1, 0.15) is 10.4 Å². The van der Waals surface area contributed by atoms with E-state index in [0.29, 0.717) is 22.7 Å². The molecule has 2 aromatic carbocycles. The zero-order chi connectivity index (χ0) is 14.5. The summed E-state index contributed by atoms with van der Waals surface area (Å²) in [5, 5.41) is 2.61. The molecule has 0 unspecified atom stereocenters. The zero-order valence-corrected chi connectivity index (χ0v) is 11.1. The monoisotopic (exact) mass is 275 g/mol. The van der Waals surface area contributed by atoms with Crippen molar-refractivity contribution in [3.8, 4) is 11.5 Å². The summed E-state index contributed by atoms with van der Waals surface area (Å²) in [6.07, 6.45) is 0. The largest absolute Gasteiger partial charge is 0.497 e. The second kappa shape index (κ2) is 6.06. The molecular formula is C15H14FNO3. The van der Waals surface area contributed by atoms with Gasteiger partial charge >= 0.3 is 0 Å². The lowest BCUT2D eigenvalue weighted by molar-refractivity contribution is 0.102. The van der Waals surface area contributed by atoms with Gasteiger partial charge in [0.1, 0.15) is 17.3 Å². The number of nitrogens with one attached hydrogen (secondary N) is 1. The summed E-state index contributed by atoms with van der Waals surface area (Å²) in [6.45, 7) is 0. The van der Waals surface area contributed by atoms with E-state index in [-0.39, 0.29) is 5.91 Å². The Morgan fingerprint density at radius 3 is 2.55 bits per heavy atom. The van der Waals surface area contributed by atoms with Crippen molar-refractivity contribution in [1.29, 1.82) is 0 Å². The normalized spacial score (nSPS) is 9.95. The van der Waals surface area contributed by atoms with Crippen LogP contribution in [0.5, 0.6) is 11.5 Å². The number of benzene rings is 2. The molecule has 0 bridgehead atoms. The minimum atomic E-state index is -0.413. The fourth-order valence-electron chi connectivity index (χ4n) is 1.75. The molecule has 104 valence electrons. The number of halogens is 1. The molecule has 0 heterocycles. The van der Waals surface area contributed by atoms with Crippen LogP contribution in [0.4, 0.5) is 10.1 Å². The number of methoxy groups -OCH3 is 2. The van der Waals surface area contributed by atoms with E-state index in [1.54, 1.807) is 24.3 Å². The van der Waals surface area contributed by atoms with Crippen molar-refractivity contribution in [2.45, 2.75) is 0 Å². The Hall–Kier alpha value is -2.56. The number of carbonyl (C=O) groups is 1. The van der Waals surface area contributed by atoms with Gasteiger partial charge in [-0.15, -0.1) is 0 Å². The molecule has 0 radical (unpaired) electrons. The molecule has 0 saturated heterocycles. The number of rotatable bonds is 4. The lowest BCUT2D eigenvalue weighted by Crippen LogP contribution is -2.13. The Kier molecular flexibility index (Phi) is 4.20.